The molecule has 0 fully saturated rings. The average Bonchev–Trinajstić information content (AvgIpc) is 2.47. The molecule has 0 aliphatic carbocycles. The number of nitrogens with zero attached hydrogens (tertiary/aromatic N) is 2. The third kappa shape index (κ3) is 2.35. The van der Waals surface area contributed by atoms with Crippen LogP contribution in [0.15, 0.2) is 47.5 Å². The Bertz CT molecular complexity index is 890. The Kier molecular flexibility index (Phi) is 3.13. The first-order chi connectivity index (χ1) is 10.1. The second kappa shape index (κ2) is 4.97. The lowest BCUT2D eigenvalue weighted by Gasteiger charge is -2.08. The first-order valence-corrected chi connectivity index (χ1v) is 6.24. The number of hydrogen-bond donors (Lipinski definition) is 1. The largest absolute Gasteiger partial charge is 0.399 e. The number of anilines is 1. The number of halogens is 2. The summed E-state index contributed by atoms with van der Waals surface area (Å²) in [4.78, 5) is 16.5. The normalized spacial score (nSPS) is 11.0. The number of nitrogen functional groups attached to an aromatic ring is 1. The van der Waals surface area contributed by atoms with Crippen LogP contribution in [0.4, 0.5) is 14.5 Å². The van der Waals surface area contributed by atoms with Gasteiger partial charge in [0.15, 0.2) is 11.6 Å². The molecule has 2 N–H and O–H groups in total. The van der Waals surface area contributed by atoms with E-state index in [0.29, 0.717) is 16.6 Å². The van der Waals surface area contributed by atoms with Gasteiger partial charge in [0.25, 0.3) is 5.56 Å². The van der Waals surface area contributed by atoms with E-state index in [1.165, 1.54) is 29.1 Å². The van der Waals surface area contributed by atoms with Gasteiger partial charge in [-0.15, -0.1) is 0 Å². The maximum absolute atomic E-state index is 13.7. The Morgan fingerprint density at radius 1 is 1.19 bits per heavy atom. The molecule has 4 nitrogen and oxygen atoms in total. The van der Waals surface area contributed by atoms with Crippen LogP contribution < -0.4 is 11.3 Å². The molecular formula is C15H11F2N3O. The number of benzene rings is 2. The zero-order valence-electron chi connectivity index (χ0n) is 10.9. The van der Waals surface area contributed by atoms with Crippen LogP contribution in [-0.2, 0) is 6.54 Å². The van der Waals surface area contributed by atoms with Crippen LogP contribution in [0.1, 0.15) is 5.56 Å². The van der Waals surface area contributed by atoms with Crippen molar-refractivity contribution in [3.63, 3.8) is 0 Å². The van der Waals surface area contributed by atoms with E-state index in [2.05, 4.69) is 4.98 Å². The molecule has 0 saturated heterocycles. The highest BCUT2D eigenvalue weighted by Gasteiger charge is 2.10. The van der Waals surface area contributed by atoms with Gasteiger partial charge in [0.05, 0.1) is 23.8 Å². The van der Waals surface area contributed by atoms with Crippen LogP contribution in [0.25, 0.3) is 10.9 Å². The number of nitrogens with two attached hydrogens (primary N) is 1. The molecule has 21 heavy (non-hydrogen) atoms. The lowest BCUT2D eigenvalue weighted by Crippen LogP contribution is -2.21. The minimum atomic E-state index is -0.961. The monoisotopic (exact) mass is 287 g/mol. The second-order valence-electron chi connectivity index (χ2n) is 4.67. The Hall–Kier alpha value is -2.76. The predicted molar refractivity (Wildman–Crippen MR) is 75.9 cm³/mol. The van der Waals surface area contributed by atoms with E-state index in [1.54, 1.807) is 12.1 Å². The number of hydrogen-bond acceptors (Lipinski definition) is 3. The molecular weight excluding hydrogens is 276 g/mol. The van der Waals surface area contributed by atoms with Gasteiger partial charge in [-0.3, -0.25) is 9.36 Å². The molecule has 3 rings (SSSR count). The minimum absolute atomic E-state index is 0.0853. The summed E-state index contributed by atoms with van der Waals surface area (Å²) in [6.07, 6.45) is 1.31. The molecule has 0 radical (unpaired) electrons. The highest BCUT2D eigenvalue weighted by Crippen LogP contribution is 2.14. The van der Waals surface area contributed by atoms with Gasteiger partial charge in [-0.05, 0) is 24.3 Å². The number of fused-ring (bicyclic) bond motifs is 1. The van der Waals surface area contributed by atoms with E-state index in [4.69, 9.17) is 5.73 Å². The summed E-state index contributed by atoms with van der Waals surface area (Å²) in [5.74, 6) is -1.91. The van der Waals surface area contributed by atoms with Crippen molar-refractivity contribution in [2.75, 3.05) is 5.73 Å². The molecule has 2 aromatic carbocycles. The molecule has 0 aliphatic rings. The maximum Gasteiger partial charge on any atom is 0.261 e. The van der Waals surface area contributed by atoms with Crippen molar-refractivity contribution in [2.24, 2.45) is 0 Å². The number of aromatic nitrogens is 2. The van der Waals surface area contributed by atoms with E-state index in [0.717, 1.165) is 6.07 Å². The topological polar surface area (TPSA) is 60.9 Å². The van der Waals surface area contributed by atoms with Crippen molar-refractivity contribution >= 4 is 16.6 Å². The molecule has 0 aliphatic heterocycles. The summed E-state index contributed by atoms with van der Waals surface area (Å²) in [5.41, 5.74) is 6.33. The van der Waals surface area contributed by atoms with Gasteiger partial charge in [0, 0.05) is 11.3 Å². The highest BCUT2D eigenvalue weighted by molar-refractivity contribution is 5.80. The molecule has 0 unspecified atom stereocenters. The Morgan fingerprint density at radius 3 is 2.81 bits per heavy atom. The Balaban J connectivity index is 2.11. The molecule has 1 aromatic heterocycles. The van der Waals surface area contributed by atoms with E-state index in [1.807, 2.05) is 0 Å². The van der Waals surface area contributed by atoms with Crippen LogP contribution >= 0.6 is 0 Å². The zero-order chi connectivity index (χ0) is 15.0. The standard InChI is InChI=1S/C15H11F2N3O/c16-12-3-1-2-9(14(12)17)7-20-8-19-13-5-4-10(18)6-11(13)15(20)21/h1-6,8H,7,18H2. The van der Waals surface area contributed by atoms with Crippen LogP contribution in [0, 0.1) is 11.6 Å². The minimum Gasteiger partial charge on any atom is -0.399 e. The van der Waals surface area contributed by atoms with Crippen molar-refractivity contribution < 1.29 is 8.78 Å². The van der Waals surface area contributed by atoms with Crippen molar-refractivity contribution in [2.45, 2.75) is 6.54 Å². The average molecular weight is 287 g/mol. The lowest BCUT2D eigenvalue weighted by molar-refractivity contribution is 0.494. The van der Waals surface area contributed by atoms with Crippen molar-refractivity contribution in [1.82, 2.24) is 9.55 Å². The lowest BCUT2D eigenvalue weighted by atomic mass is 10.2. The van der Waals surface area contributed by atoms with E-state index in [-0.39, 0.29) is 17.7 Å². The second-order valence-corrected chi connectivity index (χ2v) is 4.67. The first kappa shape index (κ1) is 13.2. The molecule has 0 atom stereocenters. The van der Waals surface area contributed by atoms with Gasteiger partial charge < -0.3 is 5.73 Å². The predicted octanol–water partition coefficient (Wildman–Crippen LogP) is 2.31. The fraction of sp³-hybridized carbons (Fsp3) is 0.0667. The zero-order valence-corrected chi connectivity index (χ0v) is 10.9. The van der Waals surface area contributed by atoms with Gasteiger partial charge in [0.2, 0.25) is 0 Å². The molecule has 6 heteroatoms. The third-order valence-corrected chi connectivity index (χ3v) is 3.22. The van der Waals surface area contributed by atoms with Gasteiger partial charge in [0.1, 0.15) is 0 Å². The van der Waals surface area contributed by atoms with Crippen molar-refractivity contribution in [3.05, 3.63) is 70.3 Å². The summed E-state index contributed by atoms with van der Waals surface area (Å²) >= 11 is 0. The van der Waals surface area contributed by atoms with Crippen LogP contribution in [-0.4, -0.2) is 9.55 Å². The van der Waals surface area contributed by atoms with Crippen molar-refractivity contribution in [3.8, 4) is 0 Å². The van der Waals surface area contributed by atoms with Crippen LogP contribution in [0.5, 0.6) is 0 Å². The SMILES string of the molecule is Nc1ccc2ncn(Cc3cccc(F)c3F)c(=O)c2c1. The fourth-order valence-corrected chi connectivity index (χ4v) is 2.14. The van der Waals surface area contributed by atoms with Crippen molar-refractivity contribution in [1.29, 1.82) is 0 Å². The van der Waals surface area contributed by atoms with Gasteiger partial charge in [-0.25, -0.2) is 13.8 Å². The molecule has 0 spiro atoms. The third-order valence-electron chi connectivity index (χ3n) is 3.22. The Morgan fingerprint density at radius 2 is 2.00 bits per heavy atom. The summed E-state index contributed by atoms with van der Waals surface area (Å²) < 4.78 is 28.1. The smallest absolute Gasteiger partial charge is 0.261 e. The summed E-state index contributed by atoms with van der Waals surface area (Å²) in [7, 11) is 0. The summed E-state index contributed by atoms with van der Waals surface area (Å²) in [6, 6.07) is 8.65. The maximum atomic E-state index is 13.7. The quantitative estimate of drug-likeness (QED) is 0.736. The summed E-state index contributed by atoms with van der Waals surface area (Å²) in [5, 5.41) is 0.342. The van der Waals surface area contributed by atoms with Crippen LogP contribution in [0.3, 0.4) is 0 Å². The molecule has 1 heterocycles. The van der Waals surface area contributed by atoms with E-state index < -0.39 is 11.6 Å². The van der Waals surface area contributed by atoms with E-state index in [9.17, 15) is 13.6 Å². The fourth-order valence-electron chi connectivity index (χ4n) is 2.14. The summed E-state index contributed by atoms with van der Waals surface area (Å²) in [6.45, 7) is -0.0971. The Labute approximate surface area is 118 Å². The van der Waals surface area contributed by atoms with Crippen LogP contribution in [0.2, 0.25) is 0 Å². The molecule has 0 bridgehead atoms. The van der Waals surface area contributed by atoms with Gasteiger partial charge >= 0.3 is 0 Å². The molecule has 0 saturated carbocycles. The first-order valence-electron chi connectivity index (χ1n) is 6.24. The van der Waals surface area contributed by atoms with Gasteiger partial charge in [-0.2, -0.15) is 0 Å². The molecule has 0 amide bonds. The highest BCUT2D eigenvalue weighted by atomic mass is 19.2. The van der Waals surface area contributed by atoms with E-state index >= 15 is 0 Å². The van der Waals surface area contributed by atoms with Gasteiger partial charge in [-0.1, -0.05) is 12.1 Å². The molecule has 106 valence electrons. The molecule has 3 aromatic rings. The number of rotatable bonds is 2.